The largest absolute Gasteiger partial charge is 0.349 e. The molecule has 0 saturated heterocycles. The zero-order valence-corrected chi connectivity index (χ0v) is 21.8. The first-order chi connectivity index (χ1) is 17.5. The molecular weight excluding hydrogens is 488 g/mol. The van der Waals surface area contributed by atoms with E-state index < -0.39 is 0 Å². The Morgan fingerprint density at radius 3 is 2.61 bits per heavy atom. The summed E-state index contributed by atoms with van der Waals surface area (Å²) >= 11 is 7.66. The average molecular weight is 517 g/mol. The fourth-order valence-electron chi connectivity index (χ4n) is 4.90. The summed E-state index contributed by atoms with van der Waals surface area (Å²) in [7, 11) is 0. The van der Waals surface area contributed by atoms with Crippen LogP contribution in [0.3, 0.4) is 0 Å². The highest BCUT2D eigenvalue weighted by Gasteiger charge is 2.29. The maximum atomic E-state index is 13.5. The van der Waals surface area contributed by atoms with E-state index in [-0.39, 0.29) is 17.9 Å². The highest BCUT2D eigenvalue weighted by Crippen LogP contribution is 2.42. The molecule has 0 unspecified atom stereocenters. The van der Waals surface area contributed by atoms with Crippen LogP contribution < -0.4 is 10.2 Å². The van der Waals surface area contributed by atoms with Crippen molar-refractivity contribution in [3.63, 3.8) is 0 Å². The lowest BCUT2D eigenvalue weighted by molar-refractivity contribution is -0.114. The maximum Gasteiger partial charge on any atom is 0.265 e. The second kappa shape index (κ2) is 10.9. The summed E-state index contributed by atoms with van der Waals surface area (Å²) in [6, 6.07) is 23.3. The van der Waals surface area contributed by atoms with Crippen LogP contribution in [0.4, 0.5) is 5.69 Å². The number of halogens is 1. The monoisotopic (exact) mass is 516 g/mol. The lowest BCUT2D eigenvalue weighted by Gasteiger charge is -2.30. The lowest BCUT2D eigenvalue weighted by Crippen LogP contribution is -2.41. The van der Waals surface area contributed by atoms with Gasteiger partial charge >= 0.3 is 0 Å². The number of hydrogen-bond acceptors (Lipinski definition) is 3. The third-order valence-corrected chi connectivity index (χ3v) is 8.27. The quantitative estimate of drug-likeness (QED) is 0.361. The summed E-state index contributed by atoms with van der Waals surface area (Å²) in [4.78, 5) is 29.8. The Labute approximate surface area is 221 Å². The van der Waals surface area contributed by atoms with E-state index in [1.807, 2.05) is 78.9 Å². The molecule has 6 heteroatoms. The van der Waals surface area contributed by atoms with Gasteiger partial charge in [-0.2, -0.15) is 0 Å². The Kier molecular flexibility index (Phi) is 7.49. The number of nitrogens with one attached hydrogen (secondary N) is 1. The zero-order chi connectivity index (χ0) is 25.1. The van der Waals surface area contributed by atoms with E-state index in [0.29, 0.717) is 28.0 Å². The van der Waals surface area contributed by atoms with Crippen molar-refractivity contribution < 1.29 is 9.59 Å². The van der Waals surface area contributed by atoms with Crippen molar-refractivity contribution in [1.29, 1.82) is 0 Å². The van der Waals surface area contributed by atoms with E-state index in [9.17, 15) is 9.59 Å². The van der Waals surface area contributed by atoms with Gasteiger partial charge in [0.25, 0.3) is 11.8 Å². The van der Waals surface area contributed by atoms with E-state index >= 15 is 0 Å². The average Bonchev–Trinajstić information content (AvgIpc) is 2.88. The second-order valence-electron chi connectivity index (χ2n) is 9.56. The van der Waals surface area contributed by atoms with E-state index in [1.165, 1.54) is 31.0 Å². The lowest BCUT2D eigenvalue weighted by atomic mass is 9.86. The predicted octanol–water partition coefficient (Wildman–Crippen LogP) is 7.33. The molecule has 3 aromatic rings. The first kappa shape index (κ1) is 24.7. The molecule has 184 valence electrons. The van der Waals surface area contributed by atoms with Crippen molar-refractivity contribution in [3.8, 4) is 0 Å². The van der Waals surface area contributed by atoms with Gasteiger partial charge in [-0.1, -0.05) is 79.5 Å². The zero-order valence-electron chi connectivity index (χ0n) is 20.2. The second-order valence-corrected chi connectivity index (χ2v) is 11.1. The highest BCUT2D eigenvalue weighted by atomic mass is 35.5. The Morgan fingerprint density at radius 1 is 1.06 bits per heavy atom. The number of nitrogens with zero attached hydrogens (tertiary/aromatic N) is 1. The summed E-state index contributed by atoms with van der Waals surface area (Å²) < 4.78 is 0. The standard InChI is InChI=1S/C30H29ClN2O2S/c1-20-7-2-3-10-25(20)32-29(34)23-15-13-21(14-16-23)18-28-30(35)33(19-22-8-6-9-24(31)17-22)26-11-4-5-12-27(26)36-28/h4-6,8-9,11-18,20,25H,2-3,7,10,19H2,1H3,(H,32,34)/b28-18+/t20-,25+/m0/s1. The van der Waals surface area contributed by atoms with Crippen LogP contribution in [-0.4, -0.2) is 17.9 Å². The van der Waals surface area contributed by atoms with Gasteiger partial charge in [0.2, 0.25) is 0 Å². The molecule has 1 aliphatic heterocycles. The summed E-state index contributed by atoms with van der Waals surface area (Å²) in [6.45, 7) is 2.65. The van der Waals surface area contributed by atoms with Crippen LogP contribution >= 0.6 is 23.4 Å². The predicted molar refractivity (Wildman–Crippen MR) is 148 cm³/mol. The molecule has 36 heavy (non-hydrogen) atoms. The van der Waals surface area contributed by atoms with Gasteiger partial charge in [-0.25, -0.2) is 0 Å². The SMILES string of the molecule is C[C@H]1CCCC[C@H]1NC(=O)c1ccc(/C=C2/Sc3ccccc3N(Cc3cccc(Cl)c3)C2=O)cc1. The van der Waals surface area contributed by atoms with Crippen LogP contribution in [-0.2, 0) is 11.3 Å². The fraction of sp³-hybridized carbons (Fsp3) is 0.267. The Morgan fingerprint density at radius 2 is 1.83 bits per heavy atom. The first-order valence-corrected chi connectivity index (χ1v) is 13.6. The van der Waals surface area contributed by atoms with E-state index in [4.69, 9.17) is 11.6 Å². The number of benzene rings is 3. The number of thioether (sulfide) groups is 1. The number of amides is 2. The third kappa shape index (κ3) is 5.53. The molecule has 0 spiro atoms. The number of carbonyl (C=O) groups excluding carboxylic acids is 2. The van der Waals surface area contributed by atoms with E-state index in [1.54, 1.807) is 4.90 Å². The van der Waals surface area contributed by atoms with Crippen LogP contribution in [0.25, 0.3) is 6.08 Å². The first-order valence-electron chi connectivity index (χ1n) is 12.4. The van der Waals surface area contributed by atoms with Crippen molar-refractivity contribution >= 4 is 46.9 Å². The molecule has 2 atom stereocenters. The minimum absolute atomic E-state index is 0.0299. The van der Waals surface area contributed by atoms with Crippen molar-refractivity contribution in [2.45, 2.75) is 50.1 Å². The number of rotatable bonds is 5. The molecule has 0 radical (unpaired) electrons. The van der Waals surface area contributed by atoms with E-state index in [2.05, 4.69) is 12.2 Å². The summed E-state index contributed by atoms with van der Waals surface area (Å²) in [5.41, 5.74) is 3.40. The third-order valence-electron chi connectivity index (χ3n) is 6.96. The highest BCUT2D eigenvalue weighted by molar-refractivity contribution is 8.04. The Balaban J connectivity index is 1.35. The number of fused-ring (bicyclic) bond motifs is 1. The van der Waals surface area contributed by atoms with Gasteiger partial charge in [-0.3, -0.25) is 9.59 Å². The van der Waals surface area contributed by atoms with Crippen LogP contribution in [0.2, 0.25) is 5.02 Å². The smallest absolute Gasteiger partial charge is 0.265 e. The van der Waals surface area contributed by atoms with Gasteiger partial charge in [0.15, 0.2) is 0 Å². The van der Waals surface area contributed by atoms with Gasteiger partial charge in [-0.05, 0) is 72.4 Å². The molecule has 5 rings (SSSR count). The Bertz CT molecular complexity index is 1300. The molecule has 4 nitrogen and oxygen atoms in total. The number of anilines is 1. The molecule has 1 saturated carbocycles. The molecule has 1 fully saturated rings. The molecule has 0 bridgehead atoms. The molecular formula is C30H29ClN2O2S. The number of carbonyl (C=O) groups is 2. The van der Waals surface area contributed by atoms with Crippen molar-refractivity contribution in [2.24, 2.45) is 5.92 Å². The van der Waals surface area contributed by atoms with Crippen LogP contribution in [0.1, 0.15) is 54.1 Å². The normalized spacial score (nSPS) is 20.8. The molecule has 2 amide bonds. The van der Waals surface area contributed by atoms with Crippen molar-refractivity contribution in [3.05, 3.63) is 99.4 Å². The molecule has 1 aliphatic carbocycles. The molecule has 2 aliphatic rings. The summed E-state index contributed by atoms with van der Waals surface area (Å²) in [5, 5.41) is 3.86. The van der Waals surface area contributed by atoms with Crippen LogP contribution in [0, 0.1) is 5.92 Å². The molecule has 1 N–H and O–H groups in total. The van der Waals surface area contributed by atoms with Gasteiger partial charge in [0.05, 0.1) is 17.1 Å². The van der Waals surface area contributed by atoms with Crippen LogP contribution in [0.5, 0.6) is 0 Å². The maximum absolute atomic E-state index is 13.5. The van der Waals surface area contributed by atoms with Gasteiger partial charge in [0, 0.05) is 21.5 Å². The fourth-order valence-corrected chi connectivity index (χ4v) is 6.17. The molecule has 0 aromatic heterocycles. The minimum Gasteiger partial charge on any atom is -0.349 e. The van der Waals surface area contributed by atoms with Gasteiger partial charge < -0.3 is 10.2 Å². The van der Waals surface area contributed by atoms with Gasteiger partial charge in [-0.15, -0.1) is 0 Å². The van der Waals surface area contributed by atoms with E-state index in [0.717, 1.165) is 28.1 Å². The minimum atomic E-state index is -0.0493. The summed E-state index contributed by atoms with van der Waals surface area (Å²) in [6.07, 6.45) is 6.53. The van der Waals surface area contributed by atoms with Crippen molar-refractivity contribution in [2.75, 3.05) is 4.90 Å². The van der Waals surface area contributed by atoms with Gasteiger partial charge in [0.1, 0.15) is 0 Å². The topological polar surface area (TPSA) is 49.4 Å². The molecule has 3 aromatic carbocycles. The Hall–Kier alpha value is -3.02. The van der Waals surface area contributed by atoms with Crippen LogP contribution in [0.15, 0.2) is 82.6 Å². The number of para-hydroxylation sites is 1. The summed E-state index contributed by atoms with van der Waals surface area (Å²) in [5.74, 6) is 0.434. The molecule has 1 heterocycles. The number of hydrogen-bond donors (Lipinski definition) is 1. The van der Waals surface area contributed by atoms with Crippen molar-refractivity contribution in [1.82, 2.24) is 5.32 Å².